The fourth-order valence-electron chi connectivity index (χ4n) is 7.23. The Bertz CT molecular complexity index is 1910. The van der Waals surface area contributed by atoms with Gasteiger partial charge >= 0.3 is 5.97 Å². The lowest BCUT2D eigenvalue weighted by molar-refractivity contribution is -0.164. The number of imidazole rings is 1. The third-order valence-corrected chi connectivity index (χ3v) is 10.0. The molecule has 1 N–H and O–H groups in total. The van der Waals surface area contributed by atoms with Crippen LogP contribution in [0.4, 0.5) is 14.6 Å². The van der Waals surface area contributed by atoms with E-state index in [1.54, 1.807) is 18.2 Å². The average Bonchev–Trinajstić information content (AvgIpc) is 3.53. The first kappa shape index (κ1) is 36.7. The second kappa shape index (κ2) is 14.5. The van der Waals surface area contributed by atoms with E-state index >= 15 is 4.39 Å². The van der Waals surface area contributed by atoms with Crippen molar-refractivity contribution < 1.29 is 37.6 Å². The number of nitrogens with zero attached hydrogens (tertiary/aromatic N) is 3. The summed E-state index contributed by atoms with van der Waals surface area (Å²) in [6.07, 6.45) is 4.43. The van der Waals surface area contributed by atoms with Gasteiger partial charge in [0.25, 0.3) is 0 Å². The minimum atomic E-state index is -1.10. The molecule has 51 heavy (non-hydrogen) atoms. The Morgan fingerprint density at radius 2 is 1.86 bits per heavy atom. The molecule has 0 aliphatic carbocycles. The molecular formula is C40H49F2N3O6. The van der Waals surface area contributed by atoms with E-state index in [1.807, 2.05) is 51.3 Å². The molecule has 0 amide bonds. The lowest BCUT2D eigenvalue weighted by Gasteiger charge is -2.42. The standard InChI is InChI=1S/C40H49F2N3O6/c1-24-11-8-9-20-49-40(6)16-18-44(19-17-40)37-32(35(38(47)48-7)51-39(3,4)5)25(2)28(23-46)36-43-30(22-45(36)37)26-12-10-13-27(21-26)33-31(50-24)15-14-29(41)34(33)42/h10,12-15,21-22,24,35,46H,8-9,11,16-20,23H2,1-7H3/t24-,35-/m0/s1. The van der Waals surface area contributed by atoms with Crippen molar-refractivity contribution in [1.29, 1.82) is 0 Å². The third kappa shape index (κ3) is 7.47. The first-order valence-electron chi connectivity index (χ1n) is 17.8. The summed E-state index contributed by atoms with van der Waals surface area (Å²) in [4.78, 5) is 20.8. The Hall–Kier alpha value is -4.06. The zero-order valence-electron chi connectivity index (χ0n) is 30.6. The number of piperidine rings is 1. The van der Waals surface area contributed by atoms with Gasteiger partial charge < -0.3 is 29.0 Å². The number of carbonyl (C=O) groups is 1. The predicted octanol–water partition coefficient (Wildman–Crippen LogP) is 8.10. The van der Waals surface area contributed by atoms with Gasteiger partial charge in [-0.1, -0.05) is 18.2 Å². The molecule has 3 aliphatic rings. The number of fused-ring (bicyclic) bond motifs is 8. The van der Waals surface area contributed by atoms with Crippen molar-refractivity contribution in [2.45, 2.75) is 104 Å². The van der Waals surface area contributed by atoms with Crippen molar-refractivity contribution >= 4 is 17.4 Å². The molecule has 6 bridgehead atoms. The molecule has 1 fully saturated rings. The highest BCUT2D eigenvalue weighted by molar-refractivity contribution is 5.83. The molecule has 0 saturated carbocycles. The summed E-state index contributed by atoms with van der Waals surface area (Å²) in [5.41, 5.74) is 2.93. The molecule has 7 rings (SSSR count). The number of aliphatic hydroxyl groups excluding tert-OH is 1. The van der Waals surface area contributed by atoms with Crippen molar-refractivity contribution in [2.24, 2.45) is 0 Å². The highest BCUT2D eigenvalue weighted by atomic mass is 19.2. The smallest absolute Gasteiger partial charge is 0.339 e. The van der Waals surface area contributed by atoms with Crippen molar-refractivity contribution in [2.75, 3.05) is 31.7 Å². The van der Waals surface area contributed by atoms with Gasteiger partial charge in [-0.05, 0) is 103 Å². The number of pyridine rings is 1. The number of benzene rings is 2. The van der Waals surface area contributed by atoms with Crippen LogP contribution in [0.25, 0.3) is 28.0 Å². The summed E-state index contributed by atoms with van der Waals surface area (Å²) in [5, 5.41) is 10.8. The molecule has 2 aromatic heterocycles. The number of aliphatic hydroxyl groups is 1. The quantitative estimate of drug-likeness (QED) is 0.213. The van der Waals surface area contributed by atoms with Crippen molar-refractivity contribution in [3.63, 3.8) is 0 Å². The van der Waals surface area contributed by atoms with Crippen LogP contribution < -0.4 is 9.64 Å². The van der Waals surface area contributed by atoms with E-state index in [4.69, 9.17) is 23.9 Å². The van der Waals surface area contributed by atoms with Crippen molar-refractivity contribution in [3.05, 3.63) is 70.9 Å². The van der Waals surface area contributed by atoms with E-state index in [9.17, 15) is 14.3 Å². The van der Waals surface area contributed by atoms with Gasteiger partial charge in [-0.25, -0.2) is 18.6 Å². The maximum absolute atomic E-state index is 15.6. The van der Waals surface area contributed by atoms with Gasteiger partial charge in [0.05, 0.1) is 42.3 Å². The number of carbonyl (C=O) groups excluding carboxylic acids is 1. The minimum Gasteiger partial charge on any atom is -0.490 e. The van der Waals surface area contributed by atoms with E-state index in [0.717, 1.165) is 38.2 Å². The monoisotopic (exact) mass is 705 g/mol. The van der Waals surface area contributed by atoms with Gasteiger partial charge in [-0.3, -0.25) is 4.40 Å². The maximum Gasteiger partial charge on any atom is 0.339 e. The Kier molecular flexibility index (Phi) is 10.5. The van der Waals surface area contributed by atoms with E-state index < -0.39 is 29.3 Å². The van der Waals surface area contributed by atoms with Crippen LogP contribution in [0, 0.1) is 18.6 Å². The van der Waals surface area contributed by atoms with Gasteiger partial charge in [-0.15, -0.1) is 0 Å². The molecule has 4 aromatic rings. The number of aromatic nitrogens is 2. The van der Waals surface area contributed by atoms with Gasteiger partial charge in [0.1, 0.15) is 17.2 Å². The van der Waals surface area contributed by atoms with Gasteiger partial charge in [-0.2, -0.15) is 0 Å². The molecule has 0 radical (unpaired) electrons. The fourth-order valence-corrected chi connectivity index (χ4v) is 7.23. The lowest BCUT2D eigenvalue weighted by Crippen LogP contribution is -2.45. The average molecular weight is 706 g/mol. The van der Waals surface area contributed by atoms with E-state index in [-0.39, 0.29) is 29.6 Å². The maximum atomic E-state index is 15.6. The minimum absolute atomic E-state index is 0.0386. The Labute approximate surface area is 298 Å². The molecule has 11 heteroatoms. The predicted molar refractivity (Wildman–Crippen MR) is 192 cm³/mol. The first-order valence-corrected chi connectivity index (χ1v) is 17.8. The summed E-state index contributed by atoms with van der Waals surface area (Å²) in [5.74, 6) is -1.54. The molecule has 0 spiro atoms. The van der Waals surface area contributed by atoms with Crippen LogP contribution in [-0.4, -0.2) is 64.6 Å². The molecule has 3 aliphatic heterocycles. The van der Waals surface area contributed by atoms with Crippen LogP contribution in [0.15, 0.2) is 42.6 Å². The van der Waals surface area contributed by atoms with Gasteiger partial charge in [0, 0.05) is 42.6 Å². The number of hydrogen-bond donors (Lipinski definition) is 1. The lowest BCUT2D eigenvalue weighted by atomic mass is 9.91. The normalized spacial score (nSPS) is 20.6. The summed E-state index contributed by atoms with van der Waals surface area (Å²) in [6.45, 7) is 13.1. The number of halogens is 2. The molecule has 5 heterocycles. The topological polar surface area (TPSA) is 94.8 Å². The summed E-state index contributed by atoms with van der Waals surface area (Å²) >= 11 is 0. The Morgan fingerprint density at radius 3 is 2.55 bits per heavy atom. The van der Waals surface area contributed by atoms with E-state index in [1.165, 1.54) is 13.2 Å². The fraction of sp³-hybridized carbons (Fsp3) is 0.500. The number of rotatable bonds is 4. The zero-order chi connectivity index (χ0) is 36.7. The van der Waals surface area contributed by atoms with Crippen LogP contribution in [0.2, 0.25) is 0 Å². The molecule has 1 saturated heterocycles. The second-order valence-corrected chi connectivity index (χ2v) is 15.0. The van der Waals surface area contributed by atoms with Crippen LogP contribution >= 0.6 is 0 Å². The van der Waals surface area contributed by atoms with Crippen LogP contribution in [-0.2, 0) is 25.6 Å². The van der Waals surface area contributed by atoms with E-state index in [0.29, 0.717) is 64.7 Å². The largest absolute Gasteiger partial charge is 0.490 e. The number of esters is 1. The highest BCUT2D eigenvalue weighted by Crippen LogP contribution is 2.42. The molecular weight excluding hydrogens is 656 g/mol. The highest BCUT2D eigenvalue weighted by Gasteiger charge is 2.38. The summed E-state index contributed by atoms with van der Waals surface area (Å²) < 4.78 is 56.8. The van der Waals surface area contributed by atoms with Crippen molar-refractivity contribution in [1.82, 2.24) is 9.38 Å². The van der Waals surface area contributed by atoms with Crippen molar-refractivity contribution in [3.8, 4) is 28.1 Å². The second-order valence-electron chi connectivity index (χ2n) is 15.0. The first-order chi connectivity index (χ1) is 24.2. The number of hydrogen-bond acceptors (Lipinski definition) is 8. The Morgan fingerprint density at radius 1 is 1.14 bits per heavy atom. The number of ether oxygens (including phenoxy) is 4. The van der Waals surface area contributed by atoms with Crippen LogP contribution in [0.3, 0.4) is 0 Å². The molecule has 2 aromatic carbocycles. The number of methoxy groups -OCH3 is 1. The summed E-state index contributed by atoms with van der Waals surface area (Å²) in [7, 11) is 1.34. The molecule has 274 valence electrons. The third-order valence-electron chi connectivity index (χ3n) is 10.0. The van der Waals surface area contributed by atoms with Gasteiger partial charge in [0.15, 0.2) is 17.7 Å². The zero-order valence-corrected chi connectivity index (χ0v) is 30.6. The molecule has 9 nitrogen and oxygen atoms in total. The van der Waals surface area contributed by atoms with E-state index in [2.05, 4.69) is 11.8 Å². The summed E-state index contributed by atoms with van der Waals surface area (Å²) in [6, 6.07) is 9.69. The molecule has 2 atom stereocenters. The van der Waals surface area contributed by atoms with Crippen LogP contribution in [0.1, 0.15) is 89.5 Å². The van der Waals surface area contributed by atoms with Crippen LogP contribution in [0.5, 0.6) is 5.75 Å². The molecule has 0 unspecified atom stereocenters. The SMILES string of the molecule is COC(=O)[C@@H](OC(C)(C)C)c1c(C)c(CO)c2nc3cn2c1N1CCC(C)(CC1)OCCCC[C@H](C)Oc1ccc(F)c(F)c1-c1cccc-3c1. The number of anilines is 1. The van der Waals surface area contributed by atoms with Gasteiger partial charge in [0.2, 0.25) is 0 Å². The Balaban J connectivity index is 1.61.